The number of fused-ring (bicyclic) bond motifs is 5. The molecule has 3 aromatic heterocycles. The fraction of sp³-hybridized carbons (Fsp3) is 0.0816. The molecule has 0 atom stereocenters. The van der Waals surface area contributed by atoms with Crippen LogP contribution in [-0.4, -0.2) is 30.3 Å². The number of aromatic nitrogens is 4. The SMILES string of the molecule is [2H]c1c([2H])c([2H])c([Si](c2c([2H])c([2H])c([2H])c([2H])c2[2H])(c2c([2H])c([2H])c([2H])c([2H])c2[2H])c2c([2H])c([2H])c([2H])c(-c3cccc(-c4c([2H])c([2H])c5c(c4[2H])C(C([2H])([2H])[2H])(C([2H])([2H])[2H])CC5(C([2H])([2H])[2H])C([2H])([2H])[2H])c3-[n+]3[c-]n(-c4[c-]c(Oc5[c-]c6c(cc5)c5ccccc5n6-c5cc(C([2H])([2H])[2H])c(-c6cccc([Si](c7ccccc7)(c7ccccc7)c7ccccc7)c6)cn5)ccc4)c4ccccc43)c2[2H])c([2H])c1[2H].[Pt]. The molecule has 514 valence electrons. The predicted molar refractivity (Wildman–Crippen MR) is 439 cm³/mol. The maximum Gasteiger partial charge on any atom is 0.268 e. The van der Waals surface area contributed by atoms with E-state index in [-0.39, 0.29) is 60.7 Å². The summed E-state index contributed by atoms with van der Waals surface area (Å²) in [6.07, 6.45) is 2.95. The number of hydrogen-bond acceptors (Lipinski definition) is 2. The van der Waals surface area contributed by atoms with Crippen LogP contribution < -0.4 is 50.8 Å². The van der Waals surface area contributed by atoms with Crippen LogP contribution in [0.2, 0.25) is 0 Å². The van der Waals surface area contributed by atoms with Crippen LogP contribution in [0.15, 0.2) is 358 Å². The van der Waals surface area contributed by atoms with Crippen molar-refractivity contribution in [2.75, 3.05) is 0 Å². The zero-order chi connectivity index (χ0) is 103. The van der Waals surface area contributed by atoms with Gasteiger partial charge in [-0.15, -0.1) is 29.7 Å². The van der Waals surface area contributed by atoms with E-state index in [1.807, 2.05) is 91.0 Å². The van der Waals surface area contributed by atoms with E-state index >= 15 is 0 Å². The number of hydrogen-bond donors (Lipinski definition) is 0. The van der Waals surface area contributed by atoms with Gasteiger partial charge in [0.25, 0.3) is 6.33 Å². The van der Waals surface area contributed by atoms with Gasteiger partial charge in [0.2, 0.25) is 0 Å². The fourth-order valence-electron chi connectivity index (χ4n) is 14.8. The van der Waals surface area contributed by atoms with Crippen LogP contribution in [0.3, 0.4) is 0 Å². The fourth-order valence-corrected chi connectivity index (χ4v) is 23.1. The van der Waals surface area contributed by atoms with Crippen molar-refractivity contribution in [3.63, 3.8) is 0 Å². The van der Waals surface area contributed by atoms with Crippen molar-refractivity contribution in [1.82, 2.24) is 14.1 Å². The average Bonchev–Trinajstić information content (AvgIpc) is 1.52. The van der Waals surface area contributed by atoms with Crippen LogP contribution >= 0.6 is 0 Å². The molecule has 0 radical (unpaired) electrons. The third kappa shape index (κ3) is 11.5. The van der Waals surface area contributed by atoms with Crippen LogP contribution in [0.1, 0.15) is 101 Å². The number of benzene rings is 14. The van der Waals surface area contributed by atoms with E-state index in [1.54, 1.807) is 35.0 Å². The first-order valence-corrected chi connectivity index (χ1v) is 37.3. The summed E-state index contributed by atoms with van der Waals surface area (Å²) < 4.78 is 362. The molecule has 1 aliphatic carbocycles. The Hall–Kier alpha value is -11.6. The summed E-state index contributed by atoms with van der Waals surface area (Å²) in [6, 6.07) is 43.3. The average molecular weight is 1610 g/mol. The summed E-state index contributed by atoms with van der Waals surface area (Å²) in [4.78, 5) is 5.09. The van der Waals surface area contributed by atoms with Gasteiger partial charge in [-0.05, 0) is 133 Å². The van der Waals surface area contributed by atoms with Crippen molar-refractivity contribution in [3.05, 3.63) is 393 Å². The van der Waals surface area contributed by atoms with Crippen molar-refractivity contribution in [2.24, 2.45) is 0 Å². The maximum atomic E-state index is 11.1. The molecule has 14 aromatic carbocycles. The summed E-state index contributed by atoms with van der Waals surface area (Å²) >= 11 is 0. The van der Waals surface area contributed by atoms with Gasteiger partial charge in [0.15, 0.2) is 16.1 Å². The Morgan fingerprint density at radius 3 is 1.65 bits per heavy atom. The molecule has 0 saturated heterocycles. The van der Waals surface area contributed by atoms with Crippen LogP contribution in [0.5, 0.6) is 11.5 Å². The molecule has 106 heavy (non-hydrogen) atoms. The Morgan fingerprint density at radius 1 is 0.443 bits per heavy atom. The molecule has 17 aromatic rings. The van der Waals surface area contributed by atoms with Gasteiger partial charge in [-0.25, -0.2) is 4.98 Å². The molecule has 8 heteroatoms. The predicted octanol–water partition coefficient (Wildman–Crippen LogP) is 17.6. The molecule has 3 heterocycles. The summed E-state index contributed by atoms with van der Waals surface area (Å²) in [5, 5.41) is 0.759. The molecule has 0 unspecified atom stereocenters. The molecular weight excluding hydrogens is 1500 g/mol. The zero-order valence-corrected chi connectivity index (χ0v) is 59.9. The molecule has 0 fully saturated rings. The Bertz CT molecular complexity index is 7770. The Balaban J connectivity index is 0.0000140. The van der Waals surface area contributed by atoms with Crippen molar-refractivity contribution in [2.45, 2.75) is 51.5 Å². The second kappa shape index (κ2) is 27.5. The molecule has 0 N–H and O–H groups in total. The van der Waals surface area contributed by atoms with Gasteiger partial charge in [0, 0.05) is 70.4 Å². The summed E-state index contributed by atoms with van der Waals surface area (Å²) in [5.41, 5.74) is -12.0. The molecule has 0 amide bonds. The van der Waals surface area contributed by atoms with Crippen molar-refractivity contribution >= 4 is 90.5 Å². The van der Waals surface area contributed by atoms with E-state index in [1.165, 1.54) is 41.0 Å². The van der Waals surface area contributed by atoms with E-state index in [0.717, 1.165) is 48.9 Å². The third-order valence-electron chi connectivity index (χ3n) is 19.3. The van der Waals surface area contributed by atoms with Crippen LogP contribution in [-0.2, 0) is 31.9 Å². The van der Waals surface area contributed by atoms with E-state index < -0.39 is 260 Å². The van der Waals surface area contributed by atoms with Gasteiger partial charge in [-0.2, -0.15) is 18.2 Å². The molecule has 18 rings (SSSR count). The molecule has 0 bridgehead atoms. The van der Waals surface area contributed by atoms with E-state index in [0.29, 0.717) is 27.5 Å². The minimum absolute atomic E-state index is 0. The molecule has 0 saturated carbocycles. The van der Waals surface area contributed by atoms with Crippen molar-refractivity contribution < 1.29 is 81.1 Å². The summed E-state index contributed by atoms with van der Waals surface area (Å²) in [6.45, 7) is -18.8. The summed E-state index contributed by atoms with van der Waals surface area (Å²) in [7, 11) is -9.82. The second-order valence-corrected chi connectivity index (χ2v) is 32.7. The topological polar surface area (TPSA) is 35.9 Å². The van der Waals surface area contributed by atoms with E-state index in [4.69, 9.17) is 22.1 Å². The van der Waals surface area contributed by atoms with Gasteiger partial charge in [0.1, 0.15) is 5.82 Å². The third-order valence-corrected chi connectivity index (χ3v) is 28.1. The van der Waals surface area contributed by atoms with Gasteiger partial charge < -0.3 is 13.9 Å². The Morgan fingerprint density at radius 2 is 1.00 bits per heavy atom. The van der Waals surface area contributed by atoms with Crippen molar-refractivity contribution in [1.29, 1.82) is 0 Å². The normalized spacial score (nSPS) is 18.8. The van der Waals surface area contributed by atoms with Gasteiger partial charge >= 0.3 is 0 Å². The van der Waals surface area contributed by atoms with Gasteiger partial charge in [-0.3, -0.25) is 4.57 Å². The van der Waals surface area contributed by atoms with Crippen LogP contribution in [0.25, 0.3) is 83.4 Å². The summed E-state index contributed by atoms with van der Waals surface area (Å²) in [5.74, 6) is 0.223. The molecule has 5 nitrogen and oxygen atoms in total. The standard InChI is InChI=1S/C98H76N4OSi2.Pt/c1-69-60-95(99-66-88(69)71-33-29-49-83(62-71)105(79-42-18-9-19-43-79,80-44-20-10-21-45-80)81-46-22-11-23-47-81)102-91-53-25-24-50-86(91)87-58-57-75(65-94(87)102)103-74-35-30-34-73(64-74)100-68-101(93-55-27-26-54-92(93)100)96-84(51-31-52-85(96)72-56-59-89-90(63-72)98(4,5)67-97(89,2)3)70-32-28-48-82(61-70)104(76-36-12-6-13-37-76,77-38-14-7-15-39-77)78-40-16-8-17-41-78;/h6-63,66H,67H2,1-5H3;/q-2;/i1D3,2D3,3D3,4D3,5D3,6D,7D,8D,12D,13D,14D,15D,16D,17D,28D,32D,36D,37D,38D,39D,40D,41D,48D,56D,59D,61D,63D;. The van der Waals surface area contributed by atoms with E-state index in [2.05, 4.69) is 67.0 Å². The number of para-hydroxylation sites is 4. The first kappa shape index (κ1) is 37.9. The molecule has 0 spiro atoms. The second-order valence-electron chi connectivity index (χ2n) is 25.4. The van der Waals surface area contributed by atoms with Crippen LogP contribution in [0.4, 0.5) is 0 Å². The number of pyridine rings is 1. The number of aryl methyl sites for hydroxylation is 1. The monoisotopic (exact) mass is 1610 g/mol. The zero-order valence-electron chi connectivity index (χ0n) is 92.6. The first-order valence-electron chi connectivity index (χ1n) is 51.8. The largest absolute Gasteiger partial charge is 0.510 e. The molecule has 0 aliphatic heterocycles. The van der Waals surface area contributed by atoms with E-state index in [9.17, 15) is 38.4 Å². The number of nitrogens with zero attached hydrogens (tertiary/aromatic N) is 4. The van der Waals surface area contributed by atoms with Gasteiger partial charge in [-0.1, -0.05) is 342 Å². The minimum Gasteiger partial charge on any atom is -0.510 e. The number of imidazole rings is 1. The van der Waals surface area contributed by atoms with Crippen LogP contribution in [0, 0.1) is 25.3 Å². The minimum atomic E-state index is -6.66. The molecular formula is C98H76N4OPtSi2-2. The number of rotatable bonds is 16. The van der Waals surface area contributed by atoms with Gasteiger partial charge in [0.05, 0.1) is 46.9 Å². The number of ether oxygens (including phenoxy) is 1. The van der Waals surface area contributed by atoms with Crippen molar-refractivity contribution in [3.8, 4) is 62.1 Å². The quantitative estimate of drug-likeness (QED) is 0.0418. The Kier molecular flexibility index (Phi) is 9.83. The Labute approximate surface area is 689 Å². The smallest absolute Gasteiger partial charge is 0.268 e. The molecule has 1 aliphatic rings. The maximum absolute atomic E-state index is 11.1. The first-order chi connectivity index (χ1) is 66.8.